The molecule has 0 spiro atoms. The Morgan fingerprint density at radius 3 is 2.50 bits per heavy atom. The molecule has 116 valence electrons. The van der Waals surface area contributed by atoms with Crippen LogP contribution in [0.4, 0.5) is 0 Å². The molecule has 0 bridgehead atoms. The highest BCUT2D eigenvalue weighted by atomic mass is 16.3. The van der Waals surface area contributed by atoms with Crippen molar-refractivity contribution < 1.29 is 9.90 Å². The number of benzene rings is 2. The van der Waals surface area contributed by atoms with E-state index in [0.29, 0.717) is 19.4 Å². The third-order valence-electron chi connectivity index (χ3n) is 3.76. The summed E-state index contributed by atoms with van der Waals surface area (Å²) >= 11 is 0. The summed E-state index contributed by atoms with van der Waals surface area (Å²) in [5, 5.41) is 9.94. The summed E-state index contributed by atoms with van der Waals surface area (Å²) < 4.78 is 0. The third-order valence-corrected chi connectivity index (χ3v) is 3.76. The smallest absolute Gasteiger partial charge is 0.130 e. The van der Waals surface area contributed by atoms with Crippen molar-refractivity contribution in [2.75, 3.05) is 6.54 Å². The Labute approximate surface area is 131 Å². The second-order valence-corrected chi connectivity index (χ2v) is 5.62. The molecule has 0 saturated heterocycles. The van der Waals surface area contributed by atoms with Crippen molar-refractivity contribution in [3.8, 4) is 11.1 Å². The van der Waals surface area contributed by atoms with E-state index >= 15 is 0 Å². The van der Waals surface area contributed by atoms with Crippen LogP contribution in [-0.2, 0) is 11.2 Å². The van der Waals surface area contributed by atoms with Gasteiger partial charge < -0.3 is 15.6 Å². The average Bonchev–Trinajstić information content (AvgIpc) is 2.53. The lowest BCUT2D eigenvalue weighted by Crippen LogP contribution is -2.06. The van der Waals surface area contributed by atoms with Crippen LogP contribution in [0.5, 0.6) is 0 Å². The first-order valence-corrected chi connectivity index (χ1v) is 7.67. The molecule has 0 heterocycles. The van der Waals surface area contributed by atoms with E-state index in [1.54, 1.807) is 6.92 Å². The van der Waals surface area contributed by atoms with Gasteiger partial charge in [-0.25, -0.2) is 0 Å². The standard InChI is InChI=1S/C19H23NO2/c1-14(21)5-6-15-3-2-4-18(13-15)16-7-9-17(10-8-16)19(22)11-12-20/h2-4,7-10,13,19,22H,5-6,11-12,20H2,1H3. The fourth-order valence-electron chi connectivity index (χ4n) is 2.45. The molecule has 0 aliphatic heterocycles. The van der Waals surface area contributed by atoms with Crippen molar-refractivity contribution in [1.29, 1.82) is 0 Å². The van der Waals surface area contributed by atoms with Gasteiger partial charge in [0.05, 0.1) is 6.10 Å². The van der Waals surface area contributed by atoms with Gasteiger partial charge in [-0.3, -0.25) is 0 Å². The molecule has 0 saturated carbocycles. The first-order valence-electron chi connectivity index (χ1n) is 7.67. The first kappa shape index (κ1) is 16.4. The number of carbonyl (C=O) groups excluding carboxylic acids is 1. The molecular weight excluding hydrogens is 274 g/mol. The molecule has 0 fully saturated rings. The highest BCUT2D eigenvalue weighted by Gasteiger charge is 2.07. The molecule has 1 unspecified atom stereocenters. The SMILES string of the molecule is CC(=O)CCc1cccc(-c2ccc(C(O)CCN)cc2)c1. The lowest BCUT2D eigenvalue weighted by Gasteiger charge is -2.11. The minimum Gasteiger partial charge on any atom is -0.388 e. The molecule has 0 aromatic heterocycles. The van der Waals surface area contributed by atoms with Crippen molar-refractivity contribution in [1.82, 2.24) is 0 Å². The van der Waals surface area contributed by atoms with Gasteiger partial charge in [0.2, 0.25) is 0 Å². The van der Waals surface area contributed by atoms with Crippen molar-refractivity contribution in [2.45, 2.75) is 32.3 Å². The van der Waals surface area contributed by atoms with E-state index in [-0.39, 0.29) is 5.78 Å². The minimum atomic E-state index is -0.499. The molecular formula is C19H23NO2. The number of aliphatic hydroxyl groups excluding tert-OH is 1. The summed E-state index contributed by atoms with van der Waals surface area (Å²) in [6.07, 6.45) is 1.42. The molecule has 3 nitrogen and oxygen atoms in total. The van der Waals surface area contributed by atoms with E-state index in [2.05, 4.69) is 12.1 Å². The molecule has 0 aliphatic carbocycles. The summed E-state index contributed by atoms with van der Waals surface area (Å²) in [5.74, 6) is 0.212. The van der Waals surface area contributed by atoms with Crippen LogP contribution >= 0.6 is 0 Å². The van der Waals surface area contributed by atoms with Crippen LogP contribution in [0.3, 0.4) is 0 Å². The van der Waals surface area contributed by atoms with E-state index in [1.807, 2.05) is 36.4 Å². The second-order valence-electron chi connectivity index (χ2n) is 5.62. The molecule has 2 rings (SSSR count). The Balaban J connectivity index is 2.14. The number of nitrogens with two attached hydrogens (primary N) is 1. The molecule has 0 amide bonds. The Morgan fingerprint density at radius 1 is 1.14 bits per heavy atom. The molecule has 2 aromatic rings. The van der Waals surface area contributed by atoms with Gasteiger partial charge in [0.1, 0.15) is 5.78 Å². The van der Waals surface area contributed by atoms with Crippen LogP contribution in [-0.4, -0.2) is 17.4 Å². The zero-order valence-corrected chi connectivity index (χ0v) is 13.0. The molecule has 0 radical (unpaired) electrons. The molecule has 3 heteroatoms. The fourth-order valence-corrected chi connectivity index (χ4v) is 2.45. The van der Waals surface area contributed by atoms with Crippen LogP contribution in [0, 0.1) is 0 Å². The number of aliphatic hydroxyl groups is 1. The maximum Gasteiger partial charge on any atom is 0.130 e. The van der Waals surface area contributed by atoms with Crippen molar-refractivity contribution in [2.24, 2.45) is 5.73 Å². The van der Waals surface area contributed by atoms with Gasteiger partial charge in [-0.1, -0.05) is 48.5 Å². The van der Waals surface area contributed by atoms with Gasteiger partial charge in [-0.15, -0.1) is 0 Å². The van der Waals surface area contributed by atoms with Crippen molar-refractivity contribution in [3.63, 3.8) is 0 Å². The lowest BCUT2D eigenvalue weighted by molar-refractivity contribution is -0.116. The predicted molar refractivity (Wildman–Crippen MR) is 89.5 cm³/mol. The van der Waals surface area contributed by atoms with Crippen molar-refractivity contribution in [3.05, 3.63) is 59.7 Å². The molecule has 22 heavy (non-hydrogen) atoms. The van der Waals surface area contributed by atoms with Gasteiger partial charge in [0, 0.05) is 6.42 Å². The number of hydrogen-bond donors (Lipinski definition) is 2. The normalized spacial score (nSPS) is 12.1. The highest BCUT2D eigenvalue weighted by molar-refractivity contribution is 5.75. The predicted octanol–water partition coefficient (Wildman–Crippen LogP) is 3.26. The Bertz CT molecular complexity index is 620. The number of carbonyl (C=O) groups is 1. The lowest BCUT2D eigenvalue weighted by atomic mass is 9.98. The monoisotopic (exact) mass is 297 g/mol. The molecule has 3 N–H and O–H groups in total. The quantitative estimate of drug-likeness (QED) is 0.824. The Morgan fingerprint density at radius 2 is 1.86 bits per heavy atom. The van der Waals surface area contributed by atoms with Gasteiger partial charge in [0.25, 0.3) is 0 Å². The van der Waals surface area contributed by atoms with Crippen LogP contribution in [0.15, 0.2) is 48.5 Å². The molecule has 1 atom stereocenters. The maximum absolute atomic E-state index is 11.1. The molecule has 0 aliphatic rings. The van der Waals surface area contributed by atoms with Crippen LogP contribution in [0.1, 0.15) is 37.0 Å². The first-order chi connectivity index (χ1) is 10.6. The number of rotatable bonds is 7. The van der Waals surface area contributed by atoms with E-state index in [4.69, 9.17) is 5.73 Å². The number of Topliss-reactive ketones (excluding diaryl/α,β-unsaturated/α-hetero) is 1. The summed E-state index contributed by atoms with van der Waals surface area (Å²) in [4.78, 5) is 11.1. The van der Waals surface area contributed by atoms with E-state index in [9.17, 15) is 9.90 Å². The number of ketones is 1. The van der Waals surface area contributed by atoms with Crippen LogP contribution in [0.2, 0.25) is 0 Å². The zero-order valence-electron chi connectivity index (χ0n) is 13.0. The van der Waals surface area contributed by atoms with Gasteiger partial charge in [-0.2, -0.15) is 0 Å². The topological polar surface area (TPSA) is 63.3 Å². The van der Waals surface area contributed by atoms with Gasteiger partial charge in [-0.05, 0) is 48.6 Å². The molecule has 2 aromatic carbocycles. The average molecular weight is 297 g/mol. The largest absolute Gasteiger partial charge is 0.388 e. The van der Waals surface area contributed by atoms with E-state index in [1.165, 1.54) is 5.56 Å². The van der Waals surface area contributed by atoms with Gasteiger partial charge >= 0.3 is 0 Å². The van der Waals surface area contributed by atoms with E-state index in [0.717, 1.165) is 23.1 Å². The summed E-state index contributed by atoms with van der Waals surface area (Å²) in [6.45, 7) is 2.09. The van der Waals surface area contributed by atoms with Gasteiger partial charge in [0.15, 0.2) is 0 Å². The van der Waals surface area contributed by atoms with E-state index < -0.39 is 6.10 Å². The maximum atomic E-state index is 11.1. The number of hydrogen-bond acceptors (Lipinski definition) is 3. The summed E-state index contributed by atoms with van der Waals surface area (Å²) in [7, 11) is 0. The van der Waals surface area contributed by atoms with Crippen molar-refractivity contribution >= 4 is 5.78 Å². The zero-order chi connectivity index (χ0) is 15.9. The minimum absolute atomic E-state index is 0.212. The second kappa shape index (κ2) is 7.87. The summed E-state index contributed by atoms with van der Waals surface area (Å²) in [6, 6.07) is 16.2. The highest BCUT2D eigenvalue weighted by Crippen LogP contribution is 2.24. The van der Waals surface area contributed by atoms with Crippen LogP contribution < -0.4 is 5.73 Å². The Hall–Kier alpha value is -1.97. The number of aryl methyl sites for hydroxylation is 1. The fraction of sp³-hybridized carbons (Fsp3) is 0.316. The summed E-state index contributed by atoms with van der Waals surface area (Å²) in [5.41, 5.74) is 9.76. The Kier molecular flexibility index (Phi) is 5.87. The third kappa shape index (κ3) is 4.52. The van der Waals surface area contributed by atoms with Crippen LogP contribution in [0.25, 0.3) is 11.1 Å².